The van der Waals surface area contributed by atoms with Gasteiger partial charge < -0.3 is 19.8 Å². The zero-order valence-corrected chi connectivity index (χ0v) is 14.2. The van der Waals surface area contributed by atoms with Gasteiger partial charge in [0.15, 0.2) is 0 Å². The molecule has 134 valence electrons. The summed E-state index contributed by atoms with van der Waals surface area (Å²) < 4.78 is 12.6. The van der Waals surface area contributed by atoms with Gasteiger partial charge in [-0.2, -0.15) is 0 Å². The number of benzene rings is 1. The van der Waals surface area contributed by atoms with Gasteiger partial charge in [-0.05, 0) is 18.6 Å². The molecule has 1 aromatic carbocycles. The number of aromatic nitrogens is 2. The van der Waals surface area contributed by atoms with Crippen molar-refractivity contribution in [3.8, 4) is 0 Å². The Morgan fingerprint density at radius 3 is 3.12 bits per heavy atom. The Balaban J connectivity index is 1.39. The van der Waals surface area contributed by atoms with Crippen molar-refractivity contribution in [3.63, 3.8) is 0 Å². The number of methoxy groups -OCH3 is 1. The second-order valence-corrected chi connectivity index (χ2v) is 6.85. The normalized spacial score (nSPS) is 27.9. The lowest BCUT2D eigenvalue weighted by atomic mass is 9.67. The van der Waals surface area contributed by atoms with E-state index in [-0.39, 0.29) is 36.1 Å². The Kier molecular flexibility index (Phi) is 4.35. The first-order valence-electron chi connectivity index (χ1n) is 8.76. The maximum Gasteiger partial charge on any atom is 0.326 e. The third kappa shape index (κ3) is 2.87. The quantitative estimate of drug-likeness (QED) is 0.814. The molecule has 4 atom stereocenters. The maximum atomic E-state index is 12.4. The van der Waals surface area contributed by atoms with E-state index in [9.17, 15) is 9.59 Å². The van der Waals surface area contributed by atoms with Gasteiger partial charge in [0.1, 0.15) is 0 Å². The monoisotopic (exact) mass is 345 g/mol. The van der Waals surface area contributed by atoms with Crippen molar-refractivity contribution in [2.24, 2.45) is 11.8 Å². The molecule has 1 aliphatic heterocycles. The van der Waals surface area contributed by atoms with Crippen LogP contribution in [0.5, 0.6) is 0 Å². The zero-order valence-electron chi connectivity index (χ0n) is 14.2. The summed E-state index contributed by atoms with van der Waals surface area (Å²) in [6.07, 6.45) is 1.47. The number of amides is 1. The molecule has 0 radical (unpaired) electrons. The summed E-state index contributed by atoms with van der Waals surface area (Å²) in [5.74, 6) is 0.575. The molecule has 2 aromatic rings. The molecule has 2 fully saturated rings. The van der Waals surface area contributed by atoms with Crippen molar-refractivity contribution < 1.29 is 14.3 Å². The number of aromatic amines is 1. The van der Waals surface area contributed by atoms with E-state index in [1.54, 1.807) is 11.7 Å². The molecule has 2 aliphatic rings. The van der Waals surface area contributed by atoms with E-state index in [4.69, 9.17) is 9.47 Å². The fraction of sp³-hybridized carbons (Fsp3) is 0.556. The number of fused-ring (bicyclic) bond motifs is 2. The minimum absolute atomic E-state index is 0.0337. The number of nitrogens with zero attached hydrogens (tertiary/aromatic N) is 1. The summed E-state index contributed by atoms with van der Waals surface area (Å²) in [7, 11) is 1.67. The van der Waals surface area contributed by atoms with Crippen molar-refractivity contribution in [1.82, 2.24) is 14.9 Å². The predicted molar refractivity (Wildman–Crippen MR) is 92.3 cm³/mol. The first-order chi connectivity index (χ1) is 12.2. The van der Waals surface area contributed by atoms with Crippen LogP contribution in [0.2, 0.25) is 0 Å². The van der Waals surface area contributed by atoms with E-state index in [1.807, 2.05) is 24.3 Å². The lowest BCUT2D eigenvalue weighted by Gasteiger charge is -2.47. The van der Waals surface area contributed by atoms with E-state index in [1.165, 1.54) is 0 Å². The molecular formula is C18H23N3O4. The molecule has 0 spiro atoms. The minimum atomic E-state index is -0.181. The van der Waals surface area contributed by atoms with Crippen molar-refractivity contribution in [2.45, 2.75) is 31.5 Å². The van der Waals surface area contributed by atoms with E-state index in [0.717, 1.165) is 24.1 Å². The Hall–Kier alpha value is -2.12. The van der Waals surface area contributed by atoms with Crippen LogP contribution in [0.3, 0.4) is 0 Å². The lowest BCUT2D eigenvalue weighted by molar-refractivity contribution is -0.130. The average Bonchev–Trinajstić information content (AvgIpc) is 3.17. The molecule has 7 heteroatoms. The van der Waals surface area contributed by atoms with Gasteiger partial charge >= 0.3 is 5.69 Å². The molecule has 0 bridgehead atoms. The third-order valence-corrected chi connectivity index (χ3v) is 5.46. The van der Waals surface area contributed by atoms with Gasteiger partial charge in [0, 0.05) is 44.6 Å². The van der Waals surface area contributed by atoms with Crippen LogP contribution in [-0.2, 0) is 20.8 Å². The van der Waals surface area contributed by atoms with E-state index < -0.39 is 0 Å². The van der Waals surface area contributed by atoms with Crippen LogP contribution in [0.15, 0.2) is 29.1 Å². The largest absolute Gasteiger partial charge is 0.384 e. The number of H-pyrrole nitrogens is 1. The Labute approximate surface area is 145 Å². The molecule has 1 amide bonds. The molecule has 25 heavy (non-hydrogen) atoms. The number of rotatable bonds is 6. The Bertz CT molecular complexity index is 827. The van der Waals surface area contributed by atoms with Gasteiger partial charge in [-0.1, -0.05) is 12.1 Å². The first-order valence-corrected chi connectivity index (χ1v) is 8.76. The number of hydrogen-bond donors (Lipinski definition) is 2. The minimum Gasteiger partial charge on any atom is -0.384 e. The number of carbonyl (C=O) groups is 1. The zero-order chi connectivity index (χ0) is 17.4. The van der Waals surface area contributed by atoms with Crippen molar-refractivity contribution in [1.29, 1.82) is 0 Å². The molecule has 7 nitrogen and oxygen atoms in total. The maximum absolute atomic E-state index is 12.4. The highest BCUT2D eigenvalue weighted by molar-refractivity contribution is 5.77. The summed E-state index contributed by atoms with van der Waals surface area (Å²) >= 11 is 0. The fourth-order valence-electron chi connectivity index (χ4n) is 4.23. The lowest BCUT2D eigenvalue weighted by Crippen LogP contribution is -2.62. The summed E-state index contributed by atoms with van der Waals surface area (Å²) in [4.78, 5) is 27.3. The number of imidazole rings is 1. The molecule has 1 saturated carbocycles. The first kappa shape index (κ1) is 16.4. The summed E-state index contributed by atoms with van der Waals surface area (Å²) in [5, 5.41) is 3.13. The number of carbonyl (C=O) groups excluding carboxylic acids is 1. The smallest absolute Gasteiger partial charge is 0.326 e. The van der Waals surface area contributed by atoms with Gasteiger partial charge in [-0.15, -0.1) is 0 Å². The molecule has 2 heterocycles. The molecule has 1 aliphatic carbocycles. The number of para-hydroxylation sites is 2. The van der Waals surface area contributed by atoms with Crippen LogP contribution >= 0.6 is 0 Å². The topological polar surface area (TPSA) is 85.4 Å². The van der Waals surface area contributed by atoms with Gasteiger partial charge in [-0.25, -0.2) is 4.79 Å². The van der Waals surface area contributed by atoms with E-state index in [0.29, 0.717) is 19.1 Å². The van der Waals surface area contributed by atoms with Crippen LogP contribution in [0.4, 0.5) is 0 Å². The molecular weight excluding hydrogens is 322 g/mol. The van der Waals surface area contributed by atoms with Gasteiger partial charge in [0.25, 0.3) is 0 Å². The van der Waals surface area contributed by atoms with E-state index in [2.05, 4.69) is 10.3 Å². The highest BCUT2D eigenvalue weighted by Crippen LogP contribution is 2.43. The molecule has 0 unspecified atom stereocenters. The molecule has 1 aromatic heterocycles. The molecule has 1 saturated heterocycles. The Morgan fingerprint density at radius 2 is 2.28 bits per heavy atom. The summed E-state index contributed by atoms with van der Waals surface area (Å²) in [5.41, 5.74) is 1.43. The highest BCUT2D eigenvalue weighted by atomic mass is 16.5. The van der Waals surface area contributed by atoms with Gasteiger partial charge in [-0.3, -0.25) is 9.36 Å². The van der Waals surface area contributed by atoms with Crippen molar-refractivity contribution in [2.75, 3.05) is 20.3 Å². The van der Waals surface area contributed by atoms with Crippen molar-refractivity contribution in [3.05, 3.63) is 34.7 Å². The SMILES string of the molecule is COC[C@@H]1[C@H](NC(=O)CCn2c(=O)[nH]c3ccccc32)[C@@H]2CCO[C@H]12. The van der Waals surface area contributed by atoms with Crippen LogP contribution in [0.1, 0.15) is 12.8 Å². The van der Waals surface area contributed by atoms with E-state index >= 15 is 0 Å². The van der Waals surface area contributed by atoms with Crippen LogP contribution in [-0.4, -0.2) is 47.9 Å². The van der Waals surface area contributed by atoms with Crippen molar-refractivity contribution >= 4 is 16.9 Å². The fourth-order valence-corrected chi connectivity index (χ4v) is 4.23. The summed E-state index contributed by atoms with van der Waals surface area (Å²) in [6, 6.07) is 7.61. The highest BCUT2D eigenvalue weighted by Gasteiger charge is 2.54. The summed E-state index contributed by atoms with van der Waals surface area (Å²) in [6.45, 7) is 1.71. The average molecular weight is 345 g/mol. The van der Waals surface area contributed by atoms with Gasteiger partial charge in [0.2, 0.25) is 5.91 Å². The number of aryl methyl sites for hydroxylation is 1. The van der Waals surface area contributed by atoms with Crippen LogP contribution in [0.25, 0.3) is 11.0 Å². The third-order valence-electron chi connectivity index (χ3n) is 5.46. The predicted octanol–water partition coefficient (Wildman–Crippen LogP) is 0.886. The molecule has 4 rings (SSSR count). The number of nitrogens with one attached hydrogen (secondary N) is 2. The second kappa shape index (κ2) is 6.65. The second-order valence-electron chi connectivity index (χ2n) is 6.85. The standard InChI is InChI=1S/C18H23N3O4/c1-24-10-12-16(11-7-9-25-17(11)12)20-15(22)6-8-21-14-5-3-2-4-13(14)19-18(21)23/h2-5,11-12,16-17H,6-10H2,1H3,(H,19,23)(H,20,22)/t11-,12+,16+,17-/m0/s1. The van der Waals surface area contributed by atoms with Crippen LogP contribution < -0.4 is 11.0 Å². The van der Waals surface area contributed by atoms with Gasteiger partial charge in [0.05, 0.1) is 23.7 Å². The number of ether oxygens (including phenoxy) is 2. The van der Waals surface area contributed by atoms with Crippen LogP contribution in [0, 0.1) is 11.8 Å². The number of hydrogen-bond acceptors (Lipinski definition) is 4. The molecule has 2 N–H and O–H groups in total. The Morgan fingerprint density at radius 1 is 1.44 bits per heavy atom.